The molecule has 1 saturated carbocycles. The lowest BCUT2D eigenvalue weighted by atomic mass is 9.77. The third kappa shape index (κ3) is 4.43. The average molecular weight is 485 g/mol. The summed E-state index contributed by atoms with van der Waals surface area (Å²) >= 11 is 0. The van der Waals surface area contributed by atoms with E-state index in [9.17, 15) is 9.59 Å². The maximum Gasteiger partial charge on any atom is 0.262 e. The lowest BCUT2D eigenvalue weighted by molar-refractivity contribution is 0.0428. The number of hydrogen-bond acceptors (Lipinski definition) is 4. The summed E-state index contributed by atoms with van der Waals surface area (Å²) in [4.78, 5) is 29.8. The fraction of sp³-hybridized carbons (Fsp3) is 0.333. The molecule has 186 valence electrons. The van der Waals surface area contributed by atoms with Crippen molar-refractivity contribution in [1.82, 2.24) is 9.47 Å². The Kier molecular flexibility index (Phi) is 6.68. The van der Waals surface area contributed by atoms with E-state index in [1.165, 1.54) is 6.42 Å². The highest BCUT2D eigenvalue weighted by atomic mass is 16.5. The van der Waals surface area contributed by atoms with Crippen molar-refractivity contribution in [2.45, 2.75) is 45.7 Å². The molecule has 6 nitrogen and oxygen atoms in total. The summed E-state index contributed by atoms with van der Waals surface area (Å²) in [5, 5.41) is 1.18. The van der Waals surface area contributed by atoms with Gasteiger partial charge in [0.1, 0.15) is 11.5 Å². The Morgan fingerprint density at radius 2 is 1.78 bits per heavy atom. The SMILES string of the molecule is COc1ccc(-n2cc(C(=O)N(Cc3ccco3)[C@@H]3CCC[C@H](C)[C@H]3C)c3ccccc3c2=O)cc1. The normalized spacial score (nSPS) is 19.8. The lowest BCUT2D eigenvalue weighted by Gasteiger charge is -2.41. The Morgan fingerprint density at radius 1 is 1.03 bits per heavy atom. The van der Waals surface area contributed by atoms with Crippen LogP contribution in [0.4, 0.5) is 0 Å². The zero-order valence-electron chi connectivity index (χ0n) is 21.0. The lowest BCUT2D eigenvalue weighted by Crippen LogP contribution is -2.47. The van der Waals surface area contributed by atoms with Gasteiger partial charge in [-0.1, -0.05) is 44.9 Å². The highest BCUT2D eigenvalue weighted by Crippen LogP contribution is 2.35. The van der Waals surface area contributed by atoms with E-state index in [0.29, 0.717) is 46.2 Å². The molecule has 6 heteroatoms. The molecule has 2 aromatic carbocycles. The van der Waals surface area contributed by atoms with Gasteiger partial charge in [0.05, 0.1) is 25.5 Å². The summed E-state index contributed by atoms with van der Waals surface area (Å²) in [7, 11) is 1.61. The van der Waals surface area contributed by atoms with Gasteiger partial charge in [0.2, 0.25) is 0 Å². The van der Waals surface area contributed by atoms with Crippen LogP contribution in [-0.2, 0) is 6.54 Å². The van der Waals surface area contributed by atoms with Gasteiger partial charge < -0.3 is 14.1 Å². The molecule has 4 aromatic rings. The smallest absolute Gasteiger partial charge is 0.262 e. The molecule has 0 unspecified atom stereocenters. The number of carbonyl (C=O) groups is 1. The molecular weight excluding hydrogens is 452 g/mol. The Balaban J connectivity index is 1.65. The van der Waals surface area contributed by atoms with Crippen molar-refractivity contribution in [2.24, 2.45) is 11.8 Å². The predicted octanol–water partition coefficient (Wildman–Crippen LogP) is 6.06. The van der Waals surface area contributed by atoms with Gasteiger partial charge in [0.15, 0.2) is 0 Å². The minimum absolute atomic E-state index is 0.0872. The van der Waals surface area contributed by atoms with E-state index < -0.39 is 0 Å². The van der Waals surface area contributed by atoms with E-state index in [4.69, 9.17) is 9.15 Å². The Hall–Kier alpha value is -3.80. The summed E-state index contributed by atoms with van der Waals surface area (Å²) < 4.78 is 12.5. The van der Waals surface area contributed by atoms with Crippen molar-refractivity contribution in [1.29, 1.82) is 0 Å². The Labute approximate surface area is 211 Å². The number of aromatic nitrogens is 1. The van der Waals surface area contributed by atoms with Gasteiger partial charge >= 0.3 is 0 Å². The van der Waals surface area contributed by atoms with E-state index in [2.05, 4.69) is 13.8 Å². The van der Waals surface area contributed by atoms with Gasteiger partial charge in [-0.25, -0.2) is 0 Å². The van der Waals surface area contributed by atoms with Crippen molar-refractivity contribution >= 4 is 16.7 Å². The number of furan rings is 1. The minimum atomic E-state index is -0.162. The van der Waals surface area contributed by atoms with E-state index in [0.717, 1.165) is 18.6 Å². The van der Waals surface area contributed by atoms with Crippen LogP contribution in [0.25, 0.3) is 16.5 Å². The second kappa shape index (κ2) is 10.1. The second-order valence-corrected chi connectivity index (χ2v) is 9.81. The quantitative estimate of drug-likeness (QED) is 0.334. The van der Waals surface area contributed by atoms with Gasteiger partial charge in [0, 0.05) is 28.7 Å². The number of methoxy groups -OCH3 is 1. The molecule has 2 aromatic heterocycles. The molecule has 0 spiro atoms. The zero-order chi connectivity index (χ0) is 25.2. The first kappa shape index (κ1) is 23.9. The van der Waals surface area contributed by atoms with Gasteiger partial charge in [-0.2, -0.15) is 0 Å². The average Bonchev–Trinajstić information content (AvgIpc) is 3.43. The van der Waals surface area contributed by atoms with Crippen LogP contribution in [0.1, 0.15) is 49.2 Å². The van der Waals surface area contributed by atoms with Crippen LogP contribution in [0.3, 0.4) is 0 Å². The summed E-state index contributed by atoms with van der Waals surface area (Å²) in [5.74, 6) is 2.25. The van der Waals surface area contributed by atoms with E-state index in [1.54, 1.807) is 30.2 Å². The third-order valence-electron chi connectivity index (χ3n) is 7.74. The maximum atomic E-state index is 14.4. The zero-order valence-corrected chi connectivity index (χ0v) is 21.0. The number of fused-ring (bicyclic) bond motifs is 1. The number of carbonyl (C=O) groups excluding carboxylic acids is 1. The fourth-order valence-electron chi connectivity index (χ4n) is 5.46. The molecule has 5 rings (SSSR count). The first-order valence-electron chi connectivity index (χ1n) is 12.6. The van der Waals surface area contributed by atoms with Crippen LogP contribution >= 0.6 is 0 Å². The number of benzene rings is 2. The number of rotatable bonds is 6. The van der Waals surface area contributed by atoms with E-state index in [-0.39, 0.29) is 17.5 Å². The number of amides is 1. The van der Waals surface area contributed by atoms with Crippen molar-refractivity contribution in [3.8, 4) is 11.4 Å². The van der Waals surface area contributed by atoms with E-state index >= 15 is 0 Å². The Bertz CT molecular complexity index is 1410. The number of ether oxygens (including phenoxy) is 1. The molecule has 3 atom stereocenters. The number of pyridine rings is 1. The summed E-state index contributed by atoms with van der Waals surface area (Å²) in [5.41, 5.74) is 1.03. The molecule has 1 aliphatic rings. The van der Waals surface area contributed by atoms with Gasteiger partial charge in [-0.3, -0.25) is 14.2 Å². The van der Waals surface area contributed by atoms with Crippen LogP contribution in [0, 0.1) is 11.8 Å². The van der Waals surface area contributed by atoms with Crippen LogP contribution < -0.4 is 10.3 Å². The first-order chi connectivity index (χ1) is 17.5. The summed E-state index contributed by atoms with van der Waals surface area (Å²) in [6, 6.07) is 18.5. The van der Waals surface area contributed by atoms with Crippen LogP contribution in [0.15, 0.2) is 82.3 Å². The topological polar surface area (TPSA) is 64.7 Å². The molecule has 0 bridgehead atoms. The predicted molar refractivity (Wildman–Crippen MR) is 141 cm³/mol. The van der Waals surface area contributed by atoms with Crippen molar-refractivity contribution < 1.29 is 13.9 Å². The molecule has 0 aliphatic heterocycles. The van der Waals surface area contributed by atoms with Crippen molar-refractivity contribution in [3.05, 3.63) is 94.8 Å². The fourth-order valence-corrected chi connectivity index (χ4v) is 5.46. The monoisotopic (exact) mass is 484 g/mol. The number of nitrogens with zero attached hydrogens (tertiary/aromatic N) is 2. The van der Waals surface area contributed by atoms with Gasteiger partial charge in [-0.05, 0) is 60.7 Å². The largest absolute Gasteiger partial charge is 0.497 e. The first-order valence-corrected chi connectivity index (χ1v) is 12.6. The number of hydrogen-bond donors (Lipinski definition) is 0. The second-order valence-electron chi connectivity index (χ2n) is 9.81. The molecule has 0 N–H and O–H groups in total. The molecule has 1 amide bonds. The minimum Gasteiger partial charge on any atom is -0.497 e. The highest BCUT2D eigenvalue weighted by Gasteiger charge is 2.35. The molecule has 36 heavy (non-hydrogen) atoms. The van der Waals surface area contributed by atoms with Crippen molar-refractivity contribution in [3.63, 3.8) is 0 Å². The molecular formula is C30H32N2O4. The van der Waals surface area contributed by atoms with E-state index in [1.807, 2.05) is 59.5 Å². The Morgan fingerprint density at radius 3 is 2.47 bits per heavy atom. The van der Waals surface area contributed by atoms with Gasteiger partial charge in [0.25, 0.3) is 11.5 Å². The molecule has 2 heterocycles. The molecule has 1 fully saturated rings. The van der Waals surface area contributed by atoms with Crippen LogP contribution in [0.2, 0.25) is 0 Å². The maximum absolute atomic E-state index is 14.4. The molecule has 0 saturated heterocycles. The van der Waals surface area contributed by atoms with Crippen molar-refractivity contribution in [2.75, 3.05) is 7.11 Å². The molecule has 0 radical (unpaired) electrons. The van der Waals surface area contributed by atoms with Crippen LogP contribution in [-0.4, -0.2) is 28.5 Å². The summed E-state index contributed by atoms with van der Waals surface area (Å²) in [6.45, 7) is 4.91. The highest BCUT2D eigenvalue weighted by molar-refractivity contribution is 6.06. The standard InChI is InChI=1S/C30H32N2O4/c1-20-8-6-12-28(21(20)2)32(18-24-9-7-17-36-24)30(34)27-19-31(22-13-15-23(35-3)16-14-22)29(33)26-11-5-4-10-25(26)27/h4-5,7,9-11,13-17,19-21,28H,6,8,12,18H2,1-3H3/t20-,21+,28+/m0/s1. The molecule has 1 aliphatic carbocycles. The third-order valence-corrected chi connectivity index (χ3v) is 7.74. The summed E-state index contributed by atoms with van der Waals surface area (Å²) in [6.07, 6.45) is 6.55. The van der Waals surface area contributed by atoms with Gasteiger partial charge in [-0.15, -0.1) is 0 Å². The van der Waals surface area contributed by atoms with Crippen LogP contribution in [0.5, 0.6) is 5.75 Å².